The Bertz CT molecular complexity index is 658. The van der Waals surface area contributed by atoms with Gasteiger partial charge in [-0.25, -0.2) is 4.99 Å². The largest absolute Gasteiger partial charge is 0.370 e. The molecule has 0 aliphatic carbocycles. The lowest BCUT2D eigenvalue weighted by atomic mass is 10.1. The van der Waals surface area contributed by atoms with Crippen LogP contribution in [0.5, 0.6) is 0 Å². The van der Waals surface area contributed by atoms with Crippen LogP contribution in [0.3, 0.4) is 0 Å². The van der Waals surface area contributed by atoms with Gasteiger partial charge in [-0.05, 0) is 24.6 Å². The van der Waals surface area contributed by atoms with E-state index in [-0.39, 0.29) is 30.0 Å². The van der Waals surface area contributed by atoms with Crippen LogP contribution < -0.4 is 11.1 Å². The summed E-state index contributed by atoms with van der Waals surface area (Å²) in [7, 11) is 1.80. The summed E-state index contributed by atoms with van der Waals surface area (Å²) in [6.07, 6.45) is 1.65. The van der Waals surface area contributed by atoms with Gasteiger partial charge in [-0.1, -0.05) is 34.5 Å². The summed E-state index contributed by atoms with van der Waals surface area (Å²) < 4.78 is 1.65. The Labute approximate surface area is 156 Å². The molecule has 0 bridgehead atoms. The summed E-state index contributed by atoms with van der Waals surface area (Å²) in [6.45, 7) is 2.35. The maximum Gasteiger partial charge on any atom is 0.189 e. The van der Waals surface area contributed by atoms with E-state index in [1.807, 2.05) is 13.0 Å². The number of nitrogens with two attached hydrogens (primary N) is 1. The van der Waals surface area contributed by atoms with Crippen molar-refractivity contribution in [2.24, 2.45) is 17.8 Å². The first-order valence-electron chi connectivity index (χ1n) is 6.32. The Morgan fingerprint density at radius 3 is 2.77 bits per heavy atom. The Morgan fingerprint density at radius 1 is 1.45 bits per heavy atom. The Kier molecular flexibility index (Phi) is 7.37. The number of hydrogen-bond donors (Lipinski definition) is 2. The fourth-order valence-electron chi connectivity index (χ4n) is 1.82. The molecule has 0 radical (unpaired) electrons. The van der Waals surface area contributed by atoms with Gasteiger partial charge >= 0.3 is 0 Å². The minimum Gasteiger partial charge on any atom is -0.370 e. The maximum absolute atomic E-state index is 6.16. The fourth-order valence-corrected chi connectivity index (χ4v) is 2.39. The van der Waals surface area contributed by atoms with E-state index in [0.717, 1.165) is 11.3 Å². The van der Waals surface area contributed by atoms with Crippen LogP contribution in [0.1, 0.15) is 24.2 Å². The Balaban J connectivity index is 0.00000242. The van der Waals surface area contributed by atoms with Crippen molar-refractivity contribution < 1.29 is 0 Å². The van der Waals surface area contributed by atoms with E-state index in [0.29, 0.717) is 22.5 Å². The molecule has 3 N–H and O–H groups in total. The maximum atomic E-state index is 6.16. The van der Waals surface area contributed by atoms with E-state index in [1.54, 1.807) is 30.1 Å². The van der Waals surface area contributed by atoms with Gasteiger partial charge in [-0.15, -0.1) is 29.1 Å². The number of aliphatic imine (C=N–C) groups is 1. The Hall–Kier alpha value is -1.06. The molecule has 22 heavy (non-hydrogen) atoms. The number of benzene rings is 1. The zero-order chi connectivity index (χ0) is 15.4. The molecule has 0 spiro atoms. The molecule has 1 unspecified atom stereocenters. The highest BCUT2D eigenvalue weighted by molar-refractivity contribution is 14.0. The average molecular weight is 455 g/mol. The molecule has 0 saturated carbocycles. The summed E-state index contributed by atoms with van der Waals surface area (Å²) in [5.74, 6) is 0.328. The van der Waals surface area contributed by atoms with Gasteiger partial charge in [-0.3, -0.25) is 4.68 Å². The van der Waals surface area contributed by atoms with Crippen molar-refractivity contribution in [2.75, 3.05) is 0 Å². The third kappa shape index (κ3) is 4.99. The lowest BCUT2D eigenvalue weighted by Gasteiger charge is -2.16. The highest BCUT2D eigenvalue weighted by Crippen LogP contribution is 2.25. The number of halogens is 3. The van der Waals surface area contributed by atoms with Crippen molar-refractivity contribution in [3.05, 3.63) is 45.7 Å². The highest BCUT2D eigenvalue weighted by atomic mass is 127. The van der Waals surface area contributed by atoms with Crippen LogP contribution in [0.15, 0.2) is 29.4 Å². The second kappa shape index (κ2) is 8.54. The summed E-state index contributed by atoms with van der Waals surface area (Å²) in [4.78, 5) is 4.25. The molecule has 2 aromatic rings. The average Bonchev–Trinajstić information content (AvgIpc) is 2.81. The van der Waals surface area contributed by atoms with E-state index >= 15 is 0 Å². The first-order valence-corrected chi connectivity index (χ1v) is 7.08. The molecule has 1 aromatic heterocycles. The molecular weight excluding hydrogens is 438 g/mol. The molecule has 0 fully saturated rings. The Morgan fingerprint density at radius 2 is 2.18 bits per heavy atom. The smallest absolute Gasteiger partial charge is 0.189 e. The first-order chi connectivity index (χ1) is 9.97. The molecule has 2 rings (SSSR count). The van der Waals surface area contributed by atoms with Gasteiger partial charge in [0.25, 0.3) is 0 Å². The van der Waals surface area contributed by atoms with Crippen LogP contribution in [-0.2, 0) is 13.6 Å². The van der Waals surface area contributed by atoms with E-state index in [1.165, 1.54) is 0 Å². The summed E-state index contributed by atoms with van der Waals surface area (Å²) in [6, 6.07) is 5.27. The third-order valence-corrected chi connectivity index (χ3v) is 3.58. The third-order valence-electron chi connectivity index (χ3n) is 3.01. The highest BCUT2D eigenvalue weighted by Gasteiger charge is 2.10. The quantitative estimate of drug-likeness (QED) is 0.422. The normalized spacial score (nSPS) is 12.6. The van der Waals surface area contributed by atoms with E-state index in [2.05, 4.69) is 20.6 Å². The number of nitrogens with one attached hydrogen (secondary N) is 1. The number of aromatic nitrogens is 3. The van der Waals surface area contributed by atoms with Crippen LogP contribution >= 0.6 is 47.2 Å². The van der Waals surface area contributed by atoms with Gasteiger partial charge in [0.2, 0.25) is 0 Å². The molecule has 120 valence electrons. The van der Waals surface area contributed by atoms with Crippen molar-refractivity contribution in [1.29, 1.82) is 0 Å². The zero-order valence-electron chi connectivity index (χ0n) is 12.1. The van der Waals surface area contributed by atoms with Crippen LogP contribution in [0.2, 0.25) is 10.0 Å². The van der Waals surface area contributed by atoms with Crippen molar-refractivity contribution in [2.45, 2.75) is 19.5 Å². The van der Waals surface area contributed by atoms with E-state index in [4.69, 9.17) is 28.9 Å². The monoisotopic (exact) mass is 454 g/mol. The number of aryl methyl sites for hydroxylation is 1. The minimum atomic E-state index is -0.0804. The molecule has 0 amide bonds. The molecule has 0 saturated heterocycles. The summed E-state index contributed by atoms with van der Waals surface area (Å²) in [5, 5.41) is 11.9. The molecule has 1 atom stereocenters. The molecule has 1 heterocycles. The van der Waals surface area contributed by atoms with Crippen LogP contribution in [0.4, 0.5) is 0 Å². The molecule has 6 nitrogen and oxygen atoms in total. The van der Waals surface area contributed by atoms with Gasteiger partial charge < -0.3 is 11.1 Å². The van der Waals surface area contributed by atoms with Crippen LogP contribution in [0, 0.1) is 0 Å². The molecular formula is C13H17Cl2IN6. The standard InChI is InChI=1S/C13H16Cl2N6.HI/c1-8(11-4-3-9(14)5-12(11)15)19-13(16)17-6-10-7-18-20-21(10)2;/h3-5,7-8H,6H2,1-2H3,(H3,16,17,19);1H. The van der Waals surface area contributed by atoms with Crippen molar-refractivity contribution >= 4 is 53.1 Å². The van der Waals surface area contributed by atoms with Gasteiger partial charge in [0.15, 0.2) is 5.96 Å². The predicted molar refractivity (Wildman–Crippen MR) is 99.8 cm³/mol. The first kappa shape index (κ1) is 19.0. The van der Waals surface area contributed by atoms with Crippen molar-refractivity contribution in [3.63, 3.8) is 0 Å². The summed E-state index contributed by atoms with van der Waals surface area (Å²) >= 11 is 12.0. The molecule has 9 heteroatoms. The number of hydrogen-bond acceptors (Lipinski definition) is 3. The van der Waals surface area contributed by atoms with E-state index in [9.17, 15) is 0 Å². The lowest BCUT2D eigenvalue weighted by molar-refractivity contribution is 0.672. The van der Waals surface area contributed by atoms with Gasteiger partial charge in [-0.2, -0.15) is 0 Å². The predicted octanol–water partition coefficient (Wildman–Crippen LogP) is 2.91. The SMILES string of the molecule is CC(NC(N)=NCc1cnnn1C)c1ccc(Cl)cc1Cl.I. The fraction of sp³-hybridized carbons (Fsp3) is 0.308. The van der Waals surface area contributed by atoms with Gasteiger partial charge in [0, 0.05) is 17.1 Å². The molecule has 0 aliphatic rings. The topological polar surface area (TPSA) is 81.1 Å². The lowest BCUT2D eigenvalue weighted by Crippen LogP contribution is -2.34. The van der Waals surface area contributed by atoms with Gasteiger partial charge in [0.1, 0.15) is 0 Å². The van der Waals surface area contributed by atoms with Crippen LogP contribution in [0.25, 0.3) is 0 Å². The second-order valence-corrected chi connectivity index (χ2v) is 5.43. The number of guanidine groups is 1. The van der Waals surface area contributed by atoms with Crippen molar-refractivity contribution in [1.82, 2.24) is 20.3 Å². The second-order valence-electron chi connectivity index (χ2n) is 4.58. The molecule has 1 aromatic carbocycles. The minimum absolute atomic E-state index is 0. The summed E-state index contributed by atoms with van der Waals surface area (Å²) in [5.41, 5.74) is 7.65. The number of rotatable bonds is 4. The van der Waals surface area contributed by atoms with E-state index < -0.39 is 0 Å². The van der Waals surface area contributed by atoms with Crippen LogP contribution in [-0.4, -0.2) is 21.0 Å². The van der Waals surface area contributed by atoms with Crippen molar-refractivity contribution in [3.8, 4) is 0 Å². The van der Waals surface area contributed by atoms with Gasteiger partial charge in [0.05, 0.1) is 24.5 Å². The molecule has 0 aliphatic heterocycles. The number of nitrogens with zero attached hydrogens (tertiary/aromatic N) is 4. The zero-order valence-corrected chi connectivity index (χ0v) is 16.0.